The Morgan fingerprint density at radius 2 is 1.86 bits per heavy atom. The third kappa shape index (κ3) is 4.44. The van der Waals surface area contributed by atoms with E-state index in [0.29, 0.717) is 26.0 Å². The van der Waals surface area contributed by atoms with Crippen molar-refractivity contribution in [2.75, 3.05) is 6.61 Å². The molecule has 0 bridgehead atoms. The molecule has 9 nitrogen and oxygen atoms in total. The van der Waals surface area contributed by atoms with Crippen LogP contribution in [0.3, 0.4) is 0 Å². The van der Waals surface area contributed by atoms with Crippen LogP contribution in [0.25, 0.3) is 0 Å². The second-order valence-corrected chi connectivity index (χ2v) is 8.69. The van der Waals surface area contributed by atoms with Gasteiger partial charge in [-0.1, -0.05) is 18.2 Å². The summed E-state index contributed by atoms with van der Waals surface area (Å²) in [5.41, 5.74) is 5.13. The van der Waals surface area contributed by atoms with Gasteiger partial charge in [-0.3, -0.25) is 9.59 Å². The number of carboxylic acids is 1. The maximum absolute atomic E-state index is 12.9. The Balaban J connectivity index is 1.25. The molecule has 1 aliphatic carbocycles. The summed E-state index contributed by atoms with van der Waals surface area (Å²) in [4.78, 5) is 45.0. The monoisotopic (exact) mass is 472 g/mol. The van der Waals surface area contributed by atoms with E-state index in [1.807, 2.05) is 18.2 Å². The smallest absolute Gasteiger partial charge is 0.335 e. The first-order chi connectivity index (χ1) is 16.9. The third-order valence-electron chi connectivity index (χ3n) is 6.57. The summed E-state index contributed by atoms with van der Waals surface area (Å²) in [5.74, 6) is -0.900. The molecule has 0 spiro atoms. The van der Waals surface area contributed by atoms with Gasteiger partial charge in [-0.15, -0.1) is 0 Å². The third-order valence-corrected chi connectivity index (χ3v) is 6.57. The molecule has 35 heavy (non-hydrogen) atoms. The molecule has 2 aromatic carbocycles. The first kappa shape index (κ1) is 22.5. The largest absolute Gasteiger partial charge is 0.493 e. The molecule has 3 N–H and O–H groups in total. The van der Waals surface area contributed by atoms with E-state index in [0.717, 1.165) is 40.0 Å². The summed E-state index contributed by atoms with van der Waals surface area (Å²) in [6, 6.07) is 10.3. The lowest BCUT2D eigenvalue weighted by Gasteiger charge is -2.15. The fraction of sp³-hybridized carbons (Fsp3) is 0.269. The van der Waals surface area contributed by atoms with Gasteiger partial charge in [0.25, 0.3) is 11.8 Å². The van der Waals surface area contributed by atoms with Gasteiger partial charge >= 0.3 is 5.97 Å². The fourth-order valence-electron chi connectivity index (χ4n) is 4.72. The number of hydrogen-bond acceptors (Lipinski definition) is 6. The summed E-state index contributed by atoms with van der Waals surface area (Å²) in [6.45, 7) is 2.79. The van der Waals surface area contributed by atoms with Crippen LogP contribution in [0.2, 0.25) is 0 Å². The molecule has 0 radical (unpaired) electrons. The Labute approximate surface area is 201 Å². The number of nitrogens with zero attached hydrogens (tertiary/aromatic N) is 2. The molecule has 178 valence electrons. The van der Waals surface area contributed by atoms with E-state index in [1.165, 1.54) is 12.4 Å². The molecule has 9 heteroatoms. The van der Waals surface area contributed by atoms with Gasteiger partial charge in [-0.05, 0) is 59.7 Å². The van der Waals surface area contributed by atoms with Crippen molar-refractivity contribution >= 4 is 17.8 Å². The predicted molar refractivity (Wildman–Crippen MR) is 126 cm³/mol. The normalized spacial score (nSPS) is 15.6. The summed E-state index contributed by atoms with van der Waals surface area (Å²) < 4.78 is 5.51. The molecule has 0 unspecified atom stereocenters. The summed E-state index contributed by atoms with van der Waals surface area (Å²) in [5, 5.41) is 15.1. The lowest BCUT2D eigenvalue weighted by molar-refractivity contribution is 0.0695. The maximum Gasteiger partial charge on any atom is 0.335 e. The minimum absolute atomic E-state index is 0.0900. The van der Waals surface area contributed by atoms with Crippen molar-refractivity contribution in [1.82, 2.24) is 20.6 Å². The number of amides is 2. The molecule has 5 rings (SSSR count). The van der Waals surface area contributed by atoms with Crippen LogP contribution in [0.4, 0.5) is 0 Å². The van der Waals surface area contributed by atoms with Crippen LogP contribution in [0.15, 0.2) is 42.7 Å². The van der Waals surface area contributed by atoms with Crippen molar-refractivity contribution in [2.24, 2.45) is 0 Å². The highest BCUT2D eigenvalue weighted by Crippen LogP contribution is 2.34. The number of carboxylic acid groups (broad SMARTS) is 1. The second-order valence-electron chi connectivity index (χ2n) is 8.69. The number of carbonyl (C=O) groups excluding carboxylic acids is 2. The van der Waals surface area contributed by atoms with E-state index in [-0.39, 0.29) is 23.0 Å². The summed E-state index contributed by atoms with van der Waals surface area (Å²) in [6.07, 6.45) is 3.39. The van der Waals surface area contributed by atoms with E-state index >= 15 is 0 Å². The average molecular weight is 473 g/mol. The molecule has 2 aliphatic rings. The topological polar surface area (TPSA) is 131 Å². The highest BCUT2D eigenvalue weighted by molar-refractivity contribution is 5.97. The lowest BCUT2D eigenvalue weighted by Crippen LogP contribution is -2.29. The van der Waals surface area contributed by atoms with Crippen molar-refractivity contribution in [3.63, 3.8) is 0 Å². The van der Waals surface area contributed by atoms with Crippen LogP contribution in [0.1, 0.15) is 71.6 Å². The summed E-state index contributed by atoms with van der Waals surface area (Å²) >= 11 is 0. The highest BCUT2D eigenvalue weighted by atomic mass is 16.5. The van der Waals surface area contributed by atoms with Gasteiger partial charge in [0.1, 0.15) is 23.5 Å². The van der Waals surface area contributed by atoms with Crippen molar-refractivity contribution in [1.29, 1.82) is 0 Å². The molecular formula is C26H24N4O5. The SMILES string of the molecule is Cc1c(C(=O)O)ccc2c1CC[C@@H]2NC(=O)c1cc(C(=O)NCc2ccc3c(c2)CCO3)ncn1. The molecule has 1 aliphatic heterocycles. The van der Waals surface area contributed by atoms with Crippen molar-refractivity contribution in [3.8, 4) is 5.75 Å². The number of benzene rings is 2. The molecular weight excluding hydrogens is 448 g/mol. The minimum Gasteiger partial charge on any atom is -0.493 e. The zero-order valence-electron chi connectivity index (χ0n) is 19.1. The lowest BCUT2D eigenvalue weighted by atomic mass is 9.98. The number of hydrogen-bond donors (Lipinski definition) is 3. The van der Waals surface area contributed by atoms with Gasteiger partial charge in [0.15, 0.2) is 0 Å². The molecule has 1 atom stereocenters. The Morgan fingerprint density at radius 1 is 1.06 bits per heavy atom. The van der Waals surface area contributed by atoms with Crippen molar-refractivity contribution in [3.05, 3.63) is 87.5 Å². The first-order valence-corrected chi connectivity index (χ1v) is 11.4. The predicted octanol–water partition coefficient (Wildman–Crippen LogP) is 2.77. The molecule has 0 saturated carbocycles. The molecule has 0 fully saturated rings. The van der Waals surface area contributed by atoms with Crippen LogP contribution in [0.5, 0.6) is 5.75 Å². The molecule has 0 saturated heterocycles. The van der Waals surface area contributed by atoms with E-state index in [4.69, 9.17) is 4.74 Å². The van der Waals surface area contributed by atoms with E-state index in [9.17, 15) is 19.5 Å². The fourth-order valence-corrected chi connectivity index (χ4v) is 4.72. The zero-order valence-corrected chi connectivity index (χ0v) is 19.1. The molecule has 3 aromatic rings. The van der Waals surface area contributed by atoms with Crippen molar-refractivity contribution in [2.45, 2.75) is 38.8 Å². The molecule has 2 amide bonds. The minimum atomic E-state index is -0.963. The summed E-state index contributed by atoms with van der Waals surface area (Å²) in [7, 11) is 0. The van der Waals surface area contributed by atoms with Gasteiger partial charge < -0.3 is 20.5 Å². The Kier molecular flexibility index (Phi) is 5.90. The standard InChI is InChI=1S/C26H24N4O5/c1-14-17-5-6-20(19(17)4-3-18(14)26(33)34)30-25(32)22-11-21(28-13-29-22)24(31)27-12-15-2-7-23-16(10-15)8-9-35-23/h2-4,7,10-11,13,20H,5-6,8-9,12H2,1H3,(H,27,31)(H,30,32)(H,33,34)/t20-/m0/s1. The van der Waals surface area contributed by atoms with Gasteiger partial charge in [0.05, 0.1) is 18.2 Å². The van der Waals surface area contributed by atoms with Crippen LogP contribution >= 0.6 is 0 Å². The number of carbonyl (C=O) groups is 3. The van der Waals surface area contributed by atoms with Crippen LogP contribution in [-0.2, 0) is 19.4 Å². The second kappa shape index (κ2) is 9.17. The number of nitrogens with one attached hydrogen (secondary N) is 2. The van der Waals surface area contributed by atoms with Crippen molar-refractivity contribution < 1.29 is 24.2 Å². The Morgan fingerprint density at radius 3 is 2.66 bits per heavy atom. The number of rotatable bonds is 6. The quantitative estimate of drug-likeness (QED) is 0.503. The van der Waals surface area contributed by atoms with Gasteiger partial charge in [-0.2, -0.15) is 0 Å². The number of fused-ring (bicyclic) bond motifs is 2. The molecule has 1 aromatic heterocycles. The zero-order chi connectivity index (χ0) is 24.5. The van der Waals surface area contributed by atoms with E-state index in [1.54, 1.807) is 19.1 Å². The van der Waals surface area contributed by atoms with Gasteiger partial charge in [0.2, 0.25) is 0 Å². The van der Waals surface area contributed by atoms with Crippen LogP contribution < -0.4 is 15.4 Å². The number of ether oxygens (including phenoxy) is 1. The van der Waals surface area contributed by atoms with Gasteiger partial charge in [0, 0.05) is 19.0 Å². The molecule has 2 heterocycles. The average Bonchev–Trinajstić information content (AvgIpc) is 3.49. The van der Waals surface area contributed by atoms with E-state index in [2.05, 4.69) is 20.6 Å². The van der Waals surface area contributed by atoms with Gasteiger partial charge in [-0.25, -0.2) is 14.8 Å². The van der Waals surface area contributed by atoms with E-state index < -0.39 is 17.8 Å². The Hall–Kier alpha value is -4.27. The van der Waals surface area contributed by atoms with Crippen LogP contribution in [0, 0.1) is 6.92 Å². The number of aromatic nitrogens is 2. The first-order valence-electron chi connectivity index (χ1n) is 11.4. The number of aromatic carboxylic acids is 1. The highest BCUT2D eigenvalue weighted by Gasteiger charge is 2.28. The van der Waals surface area contributed by atoms with Crippen LogP contribution in [-0.4, -0.2) is 39.5 Å². The maximum atomic E-state index is 12.9. The Bertz CT molecular complexity index is 1350.